The first-order chi connectivity index (χ1) is 14.3. The number of benzene rings is 1. The quantitative estimate of drug-likeness (QED) is 0.412. The van der Waals surface area contributed by atoms with E-state index < -0.39 is 11.4 Å². The van der Waals surface area contributed by atoms with Crippen molar-refractivity contribution in [3.05, 3.63) is 35.9 Å². The van der Waals surface area contributed by atoms with Crippen LogP contribution < -0.4 is 5.32 Å². The summed E-state index contributed by atoms with van der Waals surface area (Å²) in [4.78, 5) is 32.5. The van der Waals surface area contributed by atoms with Crippen LogP contribution >= 0.6 is 0 Å². The summed E-state index contributed by atoms with van der Waals surface area (Å²) in [7, 11) is 1.42. The molecular weight excluding hydrogens is 418 g/mol. The second kappa shape index (κ2) is 19.1. The molecule has 1 aromatic carbocycles. The topological polar surface area (TPSA) is 92.7 Å². The lowest BCUT2D eigenvalue weighted by Crippen LogP contribution is -2.28. The number of carboxylic acid groups (broad SMARTS) is 1. The second-order valence-electron chi connectivity index (χ2n) is 8.78. The maximum Gasteiger partial charge on any atom is 0.311 e. The van der Waals surface area contributed by atoms with Gasteiger partial charge in [0.15, 0.2) is 0 Å². The van der Waals surface area contributed by atoms with Crippen molar-refractivity contribution in [2.24, 2.45) is 16.7 Å². The van der Waals surface area contributed by atoms with Gasteiger partial charge in [0.2, 0.25) is 5.91 Å². The van der Waals surface area contributed by atoms with Crippen molar-refractivity contribution >= 4 is 17.8 Å². The first-order valence-corrected chi connectivity index (χ1v) is 10.9. The highest BCUT2D eigenvalue weighted by Crippen LogP contribution is 2.20. The maximum absolute atomic E-state index is 11.4. The van der Waals surface area contributed by atoms with Crippen LogP contribution in [0.2, 0.25) is 0 Å². The smallest absolute Gasteiger partial charge is 0.311 e. The van der Waals surface area contributed by atoms with Gasteiger partial charge in [0, 0.05) is 12.5 Å². The molecule has 1 atom stereocenters. The van der Waals surface area contributed by atoms with Crippen LogP contribution in [0.4, 0.5) is 0 Å². The molecule has 0 aromatic heterocycles. The third-order valence-corrected chi connectivity index (χ3v) is 5.45. The average Bonchev–Trinajstić information content (AvgIpc) is 2.77. The number of nitrogens with one attached hydrogen (secondary N) is 1. The minimum absolute atomic E-state index is 0. The molecule has 1 unspecified atom stereocenters. The van der Waals surface area contributed by atoms with Crippen molar-refractivity contribution in [2.45, 2.75) is 96.1 Å². The lowest BCUT2D eigenvalue weighted by atomic mass is 9.91. The van der Waals surface area contributed by atoms with Crippen LogP contribution in [0.15, 0.2) is 30.3 Å². The van der Waals surface area contributed by atoms with Gasteiger partial charge in [-0.15, -0.1) is 0 Å². The van der Waals surface area contributed by atoms with E-state index in [0.717, 1.165) is 18.4 Å². The number of carboxylic acids is 1. The number of hydrogen-bond acceptors (Lipinski definition) is 4. The average molecular weight is 470 g/mol. The molecule has 0 saturated heterocycles. The van der Waals surface area contributed by atoms with E-state index in [-0.39, 0.29) is 38.1 Å². The number of carbonyl (C=O) groups is 3. The van der Waals surface area contributed by atoms with Gasteiger partial charge in [-0.2, -0.15) is 0 Å². The zero-order chi connectivity index (χ0) is 24.7. The molecule has 0 aliphatic heterocycles. The molecule has 2 N–H and O–H groups in total. The van der Waals surface area contributed by atoms with E-state index in [2.05, 4.69) is 10.1 Å². The summed E-state index contributed by atoms with van der Waals surface area (Å²) in [6.07, 6.45) is 2.39. The van der Waals surface area contributed by atoms with Crippen molar-refractivity contribution < 1.29 is 24.2 Å². The summed E-state index contributed by atoms with van der Waals surface area (Å²) in [6.45, 7) is 15.6. The summed E-state index contributed by atoms with van der Waals surface area (Å²) in [6, 6.07) is 9.95. The van der Waals surface area contributed by atoms with Crippen LogP contribution in [0.1, 0.15) is 95.1 Å². The summed E-state index contributed by atoms with van der Waals surface area (Å²) in [5.41, 5.74) is 0.290. The third-order valence-electron chi connectivity index (χ3n) is 5.45. The summed E-state index contributed by atoms with van der Waals surface area (Å²) in [5, 5.41) is 11.4. The molecule has 0 aliphatic carbocycles. The molecule has 0 bridgehead atoms. The monoisotopic (exact) mass is 469 g/mol. The highest BCUT2D eigenvalue weighted by molar-refractivity contribution is 5.78. The van der Waals surface area contributed by atoms with Gasteiger partial charge in [-0.1, -0.05) is 72.9 Å². The normalized spacial score (nSPS) is 10.9. The number of aliphatic carboxylic acids is 1. The van der Waals surface area contributed by atoms with Gasteiger partial charge in [0.05, 0.1) is 17.9 Å². The van der Waals surface area contributed by atoms with E-state index in [9.17, 15) is 14.4 Å². The fraction of sp³-hybridized carbons (Fsp3) is 0.667. The molecular formula is C27H51NO5. The molecule has 1 aromatic rings. The Hall–Kier alpha value is -2.37. The van der Waals surface area contributed by atoms with Crippen LogP contribution in [0.5, 0.6) is 0 Å². The number of carbonyl (C=O) groups excluding carboxylic acids is 2. The Morgan fingerprint density at radius 3 is 1.67 bits per heavy atom. The van der Waals surface area contributed by atoms with Crippen LogP contribution in [0.3, 0.4) is 0 Å². The van der Waals surface area contributed by atoms with E-state index in [1.165, 1.54) is 7.11 Å². The second-order valence-corrected chi connectivity index (χ2v) is 8.78. The Balaban J connectivity index is -0.000000196. The Morgan fingerprint density at radius 2 is 1.39 bits per heavy atom. The molecule has 0 heterocycles. The van der Waals surface area contributed by atoms with Crippen LogP contribution in [-0.2, 0) is 25.7 Å². The molecule has 0 aliphatic rings. The minimum Gasteiger partial charge on any atom is -0.481 e. The van der Waals surface area contributed by atoms with Crippen LogP contribution in [0, 0.1) is 16.7 Å². The number of amides is 1. The van der Waals surface area contributed by atoms with Crippen molar-refractivity contribution in [3.63, 3.8) is 0 Å². The fourth-order valence-electron chi connectivity index (χ4n) is 1.72. The van der Waals surface area contributed by atoms with Gasteiger partial charge in [0.1, 0.15) is 0 Å². The lowest BCUT2D eigenvalue weighted by molar-refractivity contribution is -0.151. The third kappa shape index (κ3) is 16.9. The maximum atomic E-state index is 11.4. The Kier molecular flexibility index (Phi) is 22.0. The molecule has 1 rings (SSSR count). The van der Waals surface area contributed by atoms with E-state index in [0.29, 0.717) is 13.0 Å². The molecule has 6 heteroatoms. The number of esters is 1. The molecule has 0 radical (unpaired) electrons. The lowest BCUT2D eigenvalue weighted by Gasteiger charge is -2.17. The standard InChI is InChI=1S/C12H17NO.C7H14O2.C6H12O2.2CH4/c1-3-10(2)12(14)13-9-11-7-5-4-6-8-11;1-5-7(2,3)6(8)9-4;1-4-6(2,3)5(7)8;;/h4-8,10H,3,9H2,1-2H3,(H,13,14);5H2,1-4H3;4H2,1-3H3,(H,7,8);2*1H4. The van der Waals surface area contributed by atoms with E-state index in [1.54, 1.807) is 13.8 Å². The molecule has 1 amide bonds. The Labute approximate surface area is 203 Å². The van der Waals surface area contributed by atoms with E-state index in [4.69, 9.17) is 5.11 Å². The van der Waals surface area contributed by atoms with E-state index >= 15 is 0 Å². The van der Waals surface area contributed by atoms with Crippen LogP contribution in [-0.4, -0.2) is 30.1 Å². The van der Waals surface area contributed by atoms with Crippen molar-refractivity contribution in [2.75, 3.05) is 7.11 Å². The number of ether oxygens (including phenoxy) is 1. The summed E-state index contributed by atoms with van der Waals surface area (Å²) >= 11 is 0. The summed E-state index contributed by atoms with van der Waals surface area (Å²) in [5.74, 6) is -0.611. The van der Waals surface area contributed by atoms with Crippen LogP contribution in [0.25, 0.3) is 0 Å². The zero-order valence-corrected chi connectivity index (χ0v) is 20.9. The predicted molar refractivity (Wildman–Crippen MR) is 139 cm³/mol. The molecule has 194 valence electrons. The van der Waals surface area contributed by atoms with Gasteiger partial charge in [-0.3, -0.25) is 14.4 Å². The first-order valence-electron chi connectivity index (χ1n) is 10.9. The number of hydrogen-bond donors (Lipinski definition) is 2. The molecule has 6 nitrogen and oxygen atoms in total. The summed E-state index contributed by atoms with van der Waals surface area (Å²) < 4.78 is 4.57. The predicted octanol–water partition coefficient (Wildman–Crippen LogP) is 6.72. The van der Waals surface area contributed by atoms with E-state index in [1.807, 2.05) is 71.9 Å². The molecule has 0 fully saturated rings. The first kappa shape index (κ1) is 37.9. The molecule has 0 spiro atoms. The Morgan fingerprint density at radius 1 is 0.939 bits per heavy atom. The largest absolute Gasteiger partial charge is 0.481 e. The van der Waals surface area contributed by atoms with Gasteiger partial charge in [0.25, 0.3) is 0 Å². The number of rotatable bonds is 8. The SMILES string of the molecule is C.C.CCC(C)(C)C(=O)O.CCC(C)(C)C(=O)OC.CCC(C)C(=O)NCc1ccccc1. The van der Waals surface area contributed by atoms with Crippen molar-refractivity contribution in [1.29, 1.82) is 0 Å². The zero-order valence-electron chi connectivity index (χ0n) is 20.9. The Bertz CT molecular complexity index is 654. The fourth-order valence-corrected chi connectivity index (χ4v) is 1.72. The number of methoxy groups -OCH3 is 1. The van der Waals surface area contributed by atoms with Crippen molar-refractivity contribution in [1.82, 2.24) is 5.32 Å². The molecule has 33 heavy (non-hydrogen) atoms. The highest BCUT2D eigenvalue weighted by atomic mass is 16.5. The van der Waals surface area contributed by atoms with Gasteiger partial charge in [-0.25, -0.2) is 0 Å². The minimum atomic E-state index is -0.722. The molecule has 0 saturated carbocycles. The van der Waals surface area contributed by atoms with Gasteiger partial charge < -0.3 is 15.2 Å². The van der Waals surface area contributed by atoms with Gasteiger partial charge in [-0.05, 0) is 52.5 Å². The highest BCUT2D eigenvalue weighted by Gasteiger charge is 2.25. The van der Waals surface area contributed by atoms with Crippen molar-refractivity contribution in [3.8, 4) is 0 Å². The van der Waals surface area contributed by atoms with Gasteiger partial charge >= 0.3 is 11.9 Å².